The zero-order chi connectivity index (χ0) is 23.9. The van der Waals surface area contributed by atoms with Gasteiger partial charge in [-0.05, 0) is 25.1 Å². The zero-order valence-electron chi connectivity index (χ0n) is 17.3. The molecule has 1 saturated heterocycles. The molecule has 4 rings (SSSR count). The number of ether oxygens (including phenoxy) is 1. The van der Waals surface area contributed by atoms with E-state index in [0.29, 0.717) is 30.9 Å². The summed E-state index contributed by atoms with van der Waals surface area (Å²) >= 11 is 0. The fraction of sp³-hybridized carbons (Fsp3) is 0.381. The van der Waals surface area contributed by atoms with E-state index in [1.165, 1.54) is 30.0 Å². The summed E-state index contributed by atoms with van der Waals surface area (Å²) in [5.41, 5.74) is -0.499. The van der Waals surface area contributed by atoms with Crippen LogP contribution in [-0.2, 0) is 17.5 Å². The Balaban J connectivity index is 1.82. The predicted octanol–water partition coefficient (Wildman–Crippen LogP) is 4.30. The average Bonchev–Trinajstić information content (AvgIpc) is 3.11. The third-order valence-electron chi connectivity index (χ3n) is 5.21. The molecule has 6 nitrogen and oxygen atoms in total. The van der Waals surface area contributed by atoms with Crippen LogP contribution in [0.25, 0.3) is 22.3 Å². The number of pyridine rings is 1. The van der Waals surface area contributed by atoms with Crippen molar-refractivity contribution in [1.29, 1.82) is 0 Å². The highest BCUT2D eigenvalue weighted by Crippen LogP contribution is 2.35. The maximum Gasteiger partial charge on any atom is 0.449 e. The van der Waals surface area contributed by atoms with E-state index >= 15 is 0 Å². The average molecular weight is 472 g/mol. The van der Waals surface area contributed by atoms with Gasteiger partial charge in [-0.1, -0.05) is 6.07 Å². The Morgan fingerprint density at radius 2 is 1.85 bits per heavy atom. The number of halogens is 6. The van der Waals surface area contributed by atoms with Crippen LogP contribution in [0.1, 0.15) is 21.9 Å². The number of imidazole rings is 1. The van der Waals surface area contributed by atoms with E-state index < -0.39 is 36.7 Å². The quantitative estimate of drug-likeness (QED) is 0.532. The van der Waals surface area contributed by atoms with E-state index in [1.54, 1.807) is 0 Å². The van der Waals surface area contributed by atoms with Gasteiger partial charge in [-0.15, -0.1) is 0 Å². The number of aryl methyl sites for hydroxylation is 1. The molecule has 1 fully saturated rings. The molecule has 0 radical (unpaired) electrons. The molecule has 3 aromatic rings. The first-order chi connectivity index (χ1) is 15.6. The molecule has 2 aromatic heterocycles. The van der Waals surface area contributed by atoms with Crippen molar-refractivity contribution in [2.45, 2.75) is 26.1 Å². The number of nitrogens with zero attached hydrogens (tertiary/aromatic N) is 4. The SMILES string of the molecule is Cc1cc2c(nc(C(F)(F)F)n2CC(F)F)c(-c2ccc(C(=O)N3CCOCC3)c(F)c2)n1. The van der Waals surface area contributed by atoms with Crippen LogP contribution in [0.5, 0.6) is 0 Å². The van der Waals surface area contributed by atoms with Gasteiger partial charge < -0.3 is 14.2 Å². The minimum atomic E-state index is -4.99. The van der Waals surface area contributed by atoms with Crippen molar-refractivity contribution >= 4 is 16.9 Å². The van der Waals surface area contributed by atoms with Gasteiger partial charge in [-0.25, -0.2) is 18.2 Å². The Hall–Kier alpha value is -3.15. The van der Waals surface area contributed by atoms with Gasteiger partial charge >= 0.3 is 6.18 Å². The molecule has 0 atom stereocenters. The van der Waals surface area contributed by atoms with Crippen LogP contribution in [0.15, 0.2) is 24.3 Å². The van der Waals surface area contributed by atoms with Crippen molar-refractivity contribution in [1.82, 2.24) is 19.4 Å². The van der Waals surface area contributed by atoms with Gasteiger partial charge in [-0.3, -0.25) is 9.78 Å². The maximum absolute atomic E-state index is 14.9. The Morgan fingerprint density at radius 3 is 2.45 bits per heavy atom. The van der Waals surface area contributed by atoms with Crippen LogP contribution in [0, 0.1) is 12.7 Å². The number of rotatable bonds is 4. The lowest BCUT2D eigenvalue weighted by molar-refractivity contribution is -0.147. The number of morpholine rings is 1. The van der Waals surface area contributed by atoms with Gasteiger partial charge in [0.2, 0.25) is 5.82 Å². The standard InChI is InChI=1S/C21H18F6N4O2/c1-11-8-15-18(29-20(21(25,26)27)31(15)10-16(23)24)17(28-11)12-2-3-13(14(22)9-12)19(32)30-4-6-33-7-5-30/h2-3,8-9,16H,4-7,10H2,1H3. The molecule has 3 heterocycles. The van der Waals surface area contributed by atoms with Crippen LogP contribution in [0.2, 0.25) is 0 Å². The highest BCUT2D eigenvalue weighted by atomic mass is 19.4. The summed E-state index contributed by atoms with van der Waals surface area (Å²) in [4.78, 5) is 21.8. The molecule has 0 saturated carbocycles. The fourth-order valence-corrected chi connectivity index (χ4v) is 3.76. The van der Waals surface area contributed by atoms with Crippen molar-refractivity contribution in [2.24, 2.45) is 0 Å². The Labute approximate surface area is 183 Å². The molecule has 0 spiro atoms. The highest BCUT2D eigenvalue weighted by molar-refractivity contribution is 5.96. The van der Waals surface area contributed by atoms with E-state index in [9.17, 15) is 31.1 Å². The molecule has 12 heteroatoms. The van der Waals surface area contributed by atoms with Gasteiger partial charge in [0.25, 0.3) is 12.3 Å². The van der Waals surface area contributed by atoms with Crippen LogP contribution < -0.4 is 0 Å². The normalized spacial score (nSPS) is 15.0. The monoisotopic (exact) mass is 472 g/mol. The molecule has 0 aliphatic carbocycles. The van der Waals surface area contributed by atoms with Gasteiger partial charge in [0.15, 0.2) is 0 Å². The van der Waals surface area contributed by atoms with E-state index in [0.717, 1.165) is 6.07 Å². The summed E-state index contributed by atoms with van der Waals surface area (Å²) < 4.78 is 87.0. The smallest absolute Gasteiger partial charge is 0.378 e. The van der Waals surface area contributed by atoms with Crippen molar-refractivity contribution in [3.63, 3.8) is 0 Å². The highest BCUT2D eigenvalue weighted by Gasteiger charge is 2.39. The third-order valence-corrected chi connectivity index (χ3v) is 5.21. The summed E-state index contributed by atoms with van der Waals surface area (Å²) in [5.74, 6) is -2.92. The molecule has 1 aliphatic rings. The van der Waals surface area contributed by atoms with Crippen LogP contribution in [0.3, 0.4) is 0 Å². The molecule has 1 amide bonds. The summed E-state index contributed by atoms with van der Waals surface area (Å²) in [6.07, 6.45) is -8.04. The molecule has 0 unspecified atom stereocenters. The lowest BCUT2D eigenvalue weighted by Gasteiger charge is -2.27. The molecule has 1 aliphatic heterocycles. The molecule has 0 bridgehead atoms. The summed E-state index contributed by atoms with van der Waals surface area (Å²) in [7, 11) is 0. The Kier molecular flexibility index (Phi) is 6.04. The third kappa shape index (κ3) is 4.52. The van der Waals surface area contributed by atoms with Crippen LogP contribution >= 0.6 is 0 Å². The lowest BCUT2D eigenvalue weighted by atomic mass is 10.1. The lowest BCUT2D eigenvalue weighted by Crippen LogP contribution is -2.41. The maximum atomic E-state index is 14.9. The second kappa shape index (κ2) is 8.65. The second-order valence-corrected chi connectivity index (χ2v) is 7.51. The summed E-state index contributed by atoms with van der Waals surface area (Å²) in [5, 5.41) is 0. The van der Waals surface area contributed by atoms with Crippen molar-refractivity contribution in [3.8, 4) is 11.3 Å². The topological polar surface area (TPSA) is 60.2 Å². The van der Waals surface area contributed by atoms with E-state index in [1.807, 2.05) is 0 Å². The number of aromatic nitrogens is 3. The number of benzene rings is 1. The van der Waals surface area contributed by atoms with Crippen LogP contribution in [-0.4, -0.2) is 58.1 Å². The zero-order valence-corrected chi connectivity index (χ0v) is 17.3. The number of carbonyl (C=O) groups excluding carboxylic acids is 1. The number of amides is 1. The number of alkyl halides is 5. The largest absolute Gasteiger partial charge is 0.449 e. The molecule has 33 heavy (non-hydrogen) atoms. The van der Waals surface area contributed by atoms with Crippen molar-refractivity contribution in [2.75, 3.05) is 26.3 Å². The van der Waals surface area contributed by atoms with Crippen molar-refractivity contribution in [3.05, 3.63) is 47.2 Å². The molecule has 0 N–H and O–H groups in total. The number of carbonyl (C=O) groups is 1. The molecular formula is C21H18F6N4O2. The van der Waals surface area contributed by atoms with Gasteiger partial charge in [0.05, 0.1) is 36.5 Å². The second-order valence-electron chi connectivity index (χ2n) is 7.51. The Bertz CT molecular complexity index is 1200. The van der Waals surface area contributed by atoms with Crippen LogP contribution in [0.4, 0.5) is 26.3 Å². The molecule has 1 aromatic carbocycles. The van der Waals surface area contributed by atoms with Gasteiger partial charge in [0, 0.05) is 24.3 Å². The minimum Gasteiger partial charge on any atom is -0.378 e. The minimum absolute atomic E-state index is 0.0650. The number of hydrogen-bond donors (Lipinski definition) is 0. The van der Waals surface area contributed by atoms with Gasteiger partial charge in [-0.2, -0.15) is 13.2 Å². The van der Waals surface area contributed by atoms with E-state index in [4.69, 9.17) is 4.74 Å². The summed E-state index contributed by atoms with van der Waals surface area (Å²) in [6, 6.07) is 4.76. The predicted molar refractivity (Wildman–Crippen MR) is 105 cm³/mol. The van der Waals surface area contributed by atoms with Crippen molar-refractivity contribution < 1.29 is 35.9 Å². The van der Waals surface area contributed by atoms with E-state index in [2.05, 4.69) is 9.97 Å². The fourth-order valence-electron chi connectivity index (χ4n) is 3.76. The number of fused-ring (bicyclic) bond motifs is 1. The molecule has 176 valence electrons. The first-order valence-electron chi connectivity index (χ1n) is 9.96. The van der Waals surface area contributed by atoms with Gasteiger partial charge in [0.1, 0.15) is 11.3 Å². The summed E-state index contributed by atoms with van der Waals surface area (Å²) in [6.45, 7) is 1.54. The number of hydrogen-bond acceptors (Lipinski definition) is 4. The van der Waals surface area contributed by atoms with E-state index in [-0.39, 0.29) is 33.5 Å². The first kappa shape index (κ1) is 23.0. The first-order valence-corrected chi connectivity index (χ1v) is 9.96. The Morgan fingerprint density at radius 1 is 1.15 bits per heavy atom. The molecular weight excluding hydrogens is 454 g/mol.